The highest BCUT2D eigenvalue weighted by Gasteiger charge is 2.22. The van der Waals surface area contributed by atoms with Gasteiger partial charge in [-0.05, 0) is 24.1 Å². The minimum absolute atomic E-state index is 0. The quantitative estimate of drug-likeness (QED) is 0.326. The lowest BCUT2D eigenvalue weighted by Crippen LogP contribution is -2.46. The maximum absolute atomic E-state index is 5.43. The minimum atomic E-state index is 0. The number of nitrogens with zero attached hydrogens (tertiary/aromatic N) is 5. The molecule has 0 amide bonds. The molecule has 0 aliphatic carbocycles. The second-order valence-corrected chi connectivity index (χ2v) is 7.63. The van der Waals surface area contributed by atoms with Crippen molar-refractivity contribution < 1.29 is 9.47 Å². The molecule has 0 spiro atoms. The molecular weight excluding hydrogens is 509 g/mol. The van der Waals surface area contributed by atoms with E-state index in [4.69, 9.17) is 9.47 Å². The van der Waals surface area contributed by atoms with Crippen LogP contribution >= 0.6 is 24.0 Å². The van der Waals surface area contributed by atoms with Crippen LogP contribution < -0.4 is 15.5 Å². The fourth-order valence-corrected chi connectivity index (χ4v) is 3.89. The highest BCUT2D eigenvalue weighted by Crippen LogP contribution is 2.17. The zero-order chi connectivity index (χ0) is 20.8. The Morgan fingerprint density at radius 2 is 2.03 bits per heavy atom. The van der Waals surface area contributed by atoms with Crippen molar-refractivity contribution in [3.8, 4) is 0 Å². The molecule has 0 saturated carbocycles. The Kier molecular flexibility index (Phi) is 8.90. The van der Waals surface area contributed by atoms with E-state index in [1.54, 1.807) is 14.2 Å². The Hall–Kier alpha value is -1.92. The van der Waals surface area contributed by atoms with Gasteiger partial charge >= 0.3 is 0 Å². The van der Waals surface area contributed by atoms with E-state index in [9.17, 15) is 0 Å². The number of aliphatic imine (C=N–C) groups is 1. The first-order chi connectivity index (χ1) is 14.7. The number of benzene rings is 1. The third-order valence-electron chi connectivity index (χ3n) is 5.51. The van der Waals surface area contributed by atoms with Crippen molar-refractivity contribution in [2.45, 2.75) is 38.6 Å². The summed E-state index contributed by atoms with van der Waals surface area (Å²) in [5.41, 5.74) is 2.48. The predicted molar refractivity (Wildman–Crippen MR) is 131 cm³/mol. The Morgan fingerprint density at radius 1 is 1.26 bits per heavy atom. The van der Waals surface area contributed by atoms with Crippen LogP contribution in [0.5, 0.6) is 0 Å². The summed E-state index contributed by atoms with van der Waals surface area (Å²) < 4.78 is 12.5. The van der Waals surface area contributed by atoms with Crippen LogP contribution in [0, 0.1) is 0 Å². The molecule has 0 radical (unpaired) electrons. The number of fused-ring (bicyclic) bond motifs is 1. The van der Waals surface area contributed by atoms with Crippen LogP contribution in [0.1, 0.15) is 23.6 Å². The highest BCUT2D eigenvalue weighted by molar-refractivity contribution is 14.0. The van der Waals surface area contributed by atoms with E-state index in [1.807, 2.05) is 4.68 Å². The molecule has 2 aliphatic heterocycles. The molecule has 170 valence electrons. The molecule has 1 saturated heterocycles. The third kappa shape index (κ3) is 6.30. The largest absolute Gasteiger partial charge is 0.378 e. The van der Waals surface area contributed by atoms with Crippen molar-refractivity contribution in [2.75, 3.05) is 45.4 Å². The molecule has 2 aliphatic rings. The average molecular weight is 541 g/mol. The summed E-state index contributed by atoms with van der Waals surface area (Å²) >= 11 is 0. The molecule has 1 aromatic carbocycles. The predicted octanol–water partition coefficient (Wildman–Crippen LogP) is 1.56. The molecule has 2 N–H and O–H groups in total. The Balaban J connectivity index is 0.00000272. The fourth-order valence-electron chi connectivity index (χ4n) is 3.89. The zero-order valence-electron chi connectivity index (χ0n) is 18.2. The van der Waals surface area contributed by atoms with Gasteiger partial charge in [-0.2, -0.15) is 5.10 Å². The SMILES string of the molecule is CN=C(NCc1ccc(N2CCOCC2)cc1)NC1CCc2nc(COC)nn2C1.I. The highest BCUT2D eigenvalue weighted by atomic mass is 127. The number of aryl methyl sites for hydroxylation is 1. The summed E-state index contributed by atoms with van der Waals surface area (Å²) in [6, 6.07) is 8.98. The number of morpholine rings is 1. The number of rotatable bonds is 6. The first kappa shape index (κ1) is 23.7. The Bertz CT molecular complexity index is 850. The van der Waals surface area contributed by atoms with Crippen LogP contribution in [0.25, 0.3) is 0 Å². The number of hydrogen-bond donors (Lipinski definition) is 2. The van der Waals surface area contributed by atoms with Gasteiger partial charge in [-0.15, -0.1) is 24.0 Å². The van der Waals surface area contributed by atoms with E-state index in [-0.39, 0.29) is 30.0 Å². The van der Waals surface area contributed by atoms with Gasteiger partial charge in [0.15, 0.2) is 11.8 Å². The van der Waals surface area contributed by atoms with E-state index < -0.39 is 0 Å². The summed E-state index contributed by atoms with van der Waals surface area (Å²) in [4.78, 5) is 11.3. The van der Waals surface area contributed by atoms with Crippen LogP contribution in [0.15, 0.2) is 29.3 Å². The van der Waals surface area contributed by atoms with E-state index >= 15 is 0 Å². The summed E-state index contributed by atoms with van der Waals surface area (Å²) in [5, 5.41) is 11.5. The number of guanidine groups is 1. The number of halogens is 1. The smallest absolute Gasteiger partial charge is 0.191 e. The lowest BCUT2D eigenvalue weighted by atomic mass is 10.1. The van der Waals surface area contributed by atoms with Gasteiger partial charge in [-0.25, -0.2) is 9.67 Å². The van der Waals surface area contributed by atoms with Crippen molar-refractivity contribution >= 4 is 35.6 Å². The Morgan fingerprint density at radius 3 is 2.74 bits per heavy atom. The van der Waals surface area contributed by atoms with Gasteiger partial charge in [-0.1, -0.05) is 12.1 Å². The van der Waals surface area contributed by atoms with Gasteiger partial charge in [0.05, 0.1) is 19.8 Å². The number of nitrogens with one attached hydrogen (secondary N) is 2. The molecule has 3 heterocycles. The summed E-state index contributed by atoms with van der Waals surface area (Å²) in [5.74, 6) is 2.58. The van der Waals surface area contributed by atoms with Gasteiger partial charge in [0, 0.05) is 51.9 Å². The third-order valence-corrected chi connectivity index (χ3v) is 5.51. The van der Waals surface area contributed by atoms with E-state index in [0.29, 0.717) is 6.61 Å². The number of methoxy groups -OCH3 is 1. The van der Waals surface area contributed by atoms with Crippen LogP contribution in [0.2, 0.25) is 0 Å². The molecule has 4 rings (SSSR count). The lowest BCUT2D eigenvalue weighted by Gasteiger charge is -2.29. The molecule has 9 nitrogen and oxygen atoms in total. The average Bonchev–Trinajstić information content (AvgIpc) is 3.19. The second kappa shape index (κ2) is 11.6. The molecule has 1 unspecified atom stereocenters. The Labute approximate surface area is 200 Å². The van der Waals surface area contributed by atoms with Crippen molar-refractivity contribution in [3.05, 3.63) is 41.5 Å². The number of ether oxygens (including phenoxy) is 2. The van der Waals surface area contributed by atoms with Gasteiger partial charge in [0.1, 0.15) is 12.4 Å². The fraction of sp³-hybridized carbons (Fsp3) is 0.571. The van der Waals surface area contributed by atoms with Crippen LogP contribution in [-0.2, 0) is 35.6 Å². The van der Waals surface area contributed by atoms with Gasteiger partial charge in [0.25, 0.3) is 0 Å². The lowest BCUT2D eigenvalue weighted by molar-refractivity contribution is 0.122. The van der Waals surface area contributed by atoms with Crippen molar-refractivity contribution in [3.63, 3.8) is 0 Å². The van der Waals surface area contributed by atoms with Crippen LogP contribution in [-0.4, -0.2) is 67.2 Å². The second-order valence-electron chi connectivity index (χ2n) is 7.63. The van der Waals surface area contributed by atoms with E-state index in [1.165, 1.54) is 11.3 Å². The van der Waals surface area contributed by atoms with Crippen molar-refractivity contribution in [1.29, 1.82) is 0 Å². The topological polar surface area (TPSA) is 88.8 Å². The number of aromatic nitrogens is 3. The van der Waals surface area contributed by atoms with Gasteiger partial charge in [0.2, 0.25) is 0 Å². The maximum atomic E-state index is 5.43. The van der Waals surface area contributed by atoms with Gasteiger partial charge < -0.3 is 25.0 Å². The normalized spacial score (nSPS) is 18.8. The van der Waals surface area contributed by atoms with E-state index in [2.05, 4.69) is 54.9 Å². The first-order valence-electron chi connectivity index (χ1n) is 10.6. The minimum Gasteiger partial charge on any atom is -0.378 e. The zero-order valence-corrected chi connectivity index (χ0v) is 20.5. The van der Waals surface area contributed by atoms with Gasteiger partial charge in [-0.3, -0.25) is 4.99 Å². The maximum Gasteiger partial charge on any atom is 0.191 e. The van der Waals surface area contributed by atoms with Crippen LogP contribution in [0.3, 0.4) is 0 Å². The molecule has 31 heavy (non-hydrogen) atoms. The number of anilines is 1. The number of hydrogen-bond acceptors (Lipinski definition) is 6. The summed E-state index contributed by atoms with van der Waals surface area (Å²) in [6.07, 6.45) is 1.90. The molecule has 1 aromatic heterocycles. The van der Waals surface area contributed by atoms with Crippen molar-refractivity contribution in [2.24, 2.45) is 4.99 Å². The summed E-state index contributed by atoms with van der Waals surface area (Å²) in [7, 11) is 3.47. The molecule has 1 atom stereocenters. The van der Waals surface area contributed by atoms with Crippen molar-refractivity contribution in [1.82, 2.24) is 25.4 Å². The molecule has 1 fully saturated rings. The first-order valence-corrected chi connectivity index (χ1v) is 10.6. The summed E-state index contributed by atoms with van der Waals surface area (Å²) in [6.45, 7) is 5.47. The molecule has 10 heteroatoms. The monoisotopic (exact) mass is 541 g/mol. The standard InChI is InChI=1S/C21H31N7O2.HI/c1-22-21(24-17-5-8-20-25-19(15-29-2)26-28(20)14-17)23-13-16-3-6-18(7-4-16)27-9-11-30-12-10-27;/h3-4,6-7,17H,5,8-15H2,1-2H3,(H2,22,23,24);1H. The molecular formula is C21H32IN7O2. The van der Waals surface area contributed by atoms with Crippen LogP contribution in [0.4, 0.5) is 5.69 Å². The molecule has 2 aromatic rings. The molecule has 0 bridgehead atoms. The van der Waals surface area contributed by atoms with E-state index in [0.717, 1.165) is 69.8 Å².